The van der Waals surface area contributed by atoms with Crippen molar-refractivity contribution < 1.29 is 9.47 Å². The van der Waals surface area contributed by atoms with Crippen LogP contribution in [0.3, 0.4) is 0 Å². The zero-order chi connectivity index (χ0) is 11.9. The lowest BCUT2D eigenvalue weighted by molar-refractivity contribution is -0.112. The van der Waals surface area contributed by atoms with Crippen LogP contribution in [0, 0.1) is 0 Å². The fourth-order valence-electron chi connectivity index (χ4n) is 2.51. The standard InChI is InChI=1S/C12H26N2O2/c1-3-4-5-6-11(14-13)12(15-2)7-9-16-10-8-12/h11,14H,3-10,13H2,1-2H3. The summed E-state index contributed by atoms with van der Waals surface area (Å²) in [5, 5.41) is 0. The smallest absolute Gasteiger partial charge is 0.0888 e. The van der Waals surface area contributed by atoms with Crippen LogP contribution in [0.25, 0.3) is 0 Å². The van der Waals surface area contributed by atoms with Crippen LogP contribution >= 0.6 is 0 Å². The summed E-state index contributed by atoms with van der Waals surface area (Å²) < 4.78 is 11.1. The van der Waals surface area contributed by atoms with Crippen molar-refractivity contribution in [1.82, 2.24) is 5.43 Å². The van der Waals surface area contributed by atoms with Crippen LogP contribution in [0.5, 0.6) is 0 Å². The topological polar surface area (TPSA) is 56.5 Å². The van der Waals surface area contributed by atoms with Crippen LogP contribution in [-0.4, -0.2) is 32.0 Å². The average molecular weight is 230 g/mol. The summed E-state index contributed by atoms with van der Waals surface area (Å²) in [5.41, 5.74) is 2.82. The van der Waals surface area contributed by atoms with Gasteiger partial charge in [0.1, 0.15) is 0 Å². The summed E-state index contributed by atoms with van der Waals surface area (Å²) in [7, 11) is 1.79. The predicted molar refractivity (Wildman–Crippen MR) is 65.0 cm³/mol. The van der Waals surface area contributed by atoms with Gasteiger partial charge in [0.25, 0.3) is 0 Å². The highest BCUT2D eigenvalue weighted by atomic mass is 16.5. The molecule has 4 heteroatoms. The van der Waals surface area contributed by atoms with Crippen molar-refractivity contribution in [2.75, 3.05) is 20.3 Å². The molecule has 0 aromatic carbocycles. The molecule has 0 amide bonds. The molecule has 1 aliphatic heterocycles. The third-order valence-electron chi connectivity index (χ3n) is 3.68. The van der Waals surface area contributed by atoms with Crippen LogP contribution in [0.1, 0.15) is 45.4 Å². The highest BCUT2D eigenvalue weighted by molar-refractivity contribution is 4.93. The second kappa shape index (κ2) is 7.22. The van der Waals surface area contributed by atoms with Gasteiger partial charge in [-0.05, 0) is 6.42 Å². The molecule has 16 heavy (non-hydrogen) atoms. The first-order chi connectivity index (χ1) is 7.79. The molecule has 0 saturated carbocycles. The number of ether oxygens (including phenoxy) is 2. The van der Waals surface area contributed by atoms with Crippen LogP contribution in [0.15, 0.2) is 0 Å². The summed E-state index contributed by atoms with van der Waals surface area (Å²) >= 11 is 0. The van der Waals surface area contributed by atoms with Gasteiger partial charge in [-0.2, -0.15) is 0 Å². The van der Waals surface area contributed by atoms with Crippen LogP contribution < -0.4 is 11.3 Å². The van der Waals surface area contributed by atoms with Gasteiger partial charge in [-0.1, -0.05) is 26.2 Å². The van der Waals surface area contributed by atoms with Gasteiger partial charge in [0.15, 0.2) is 0 Å². The second-order valence-electron chi connectivity index (χ2n) is 4.60. The Balaban J connectivity index is 2.51. The van der Waals surface area contributed by atoms with E-state index >= 15 is 0 Å². The highest BCUT2D eigenvalue weighted by Gasteiger charge is 2.39. The highest BCUT2D eigenvalue weighted by Crippen LogP contribution is 2.30. The van der Waals surface area contributed by atoms with Gasteiger partial charge < -0.3 is 9.47 Å². The van der Waals surface area contributed by atoms with Gasteiger partial charge >= 0.3 is 0 Å². The Morgan fingerprint density at radius 3 is 2.56 bits per heavy atom. The largest absolute Gasteiger partial charge is 0.381 e. The molecule has 1 fully saturated rings. The minimum Gasteiger partial charge on any atom is -0.381 e. The quantitative estimate of drug-likeness (QED) is 0.396. The van der Waals surface area contributed by atoms with E-state index in [0.717, 1.165) is 32.5 Å². The molecule has 1 unspecified atom stereocenters. The van der Waals surface area contributed by atoms with E-state index in [1.165, 1.54) is 19.3 Å². The first kappa shape index (κ1) is 13.9. The summed E-state index contributed by atoms with van der Waals surface area (Å²) in [6.45, 7) is 3.77. The minimum absolute atomic E-state index is 0.124. The second-order valence-corrected chi connectivity index (χ2v) is 4.60. The fraction of sp³-hybridized carbons (Fsp3) is 1.00. The molecule has 0 radical (unpaired) electrons. The molecule has 1 rings (SSSR count). The Morgan fingerprint density at radius 2 is 2.06 bits per heavy atom. The van der Waals surface area contributed by atoms with E-state index in [4.69, 9.17) is 15.3 Å². The molecule has 0 bridgehead atoms. The number of rotatable bonds is 7. The molecule has 0 spiro atoms. The number of hydrazine groups is 1. The fourth-order valence-corrected chi connectivity index (χ4v) is 2.51. The van der Waals surface area contributed by atoms with E-state index in [-0.39, 0.29) is 11.6 Å². The average Bonchev–Trinajstić information content (AvgIpc) is 2.35. The molecule has 0 aromatic rings. The van der Waals surface area contributed by atoms with Gasteiger partial charge in [-0.3, -0.25) is 11.3 Å². The molecular formula is C12H26N2O2. The first-order valence-corrected chi connectivity index (χ1v) is 6.38. The summed E-state index contributed by atoms with van der Waals surface area (Å²) in [5.74, 6) is 5.68. The lowest BCUT2D eigenvalue weighted by Crippen LogP contribution is -2.57. The van der Waals surface area contributed by atoms with E-state index in [2.05, 4.69) is 12.3 Å². The van der Waals surface area contributed by atoms with E-state index in [1.54, 1.807) is 7.11 Å². The van der Waals surface area contributed by atoms with Crippen molar-refractivity contribution in [3.8, 4) is 0 Å². The zero-order valence-electron chi connectivity index (χ0n) is 10.6. The van der Waals surface area contributed by atoms with Crippen molar-refractivity contribution in [2.24, 2.45) is 5.84 Å². The van der Waals surface area contributed by atoms with Gasteiger partial charge in [0, 0.05) is 33.2 Å². The molecule has 4 nitrogen and oxygen atoms in total. The Labute approximate surface area is 98.8 Å². The Morgan fingerprint density at radius 1 is 1.38 bits per heavy atom. The normalized spacial score (nSPS) is 21.9. The third kappa shape index (κ3) is 3.42. The van der Waals surface area contributed by atoms with Crippen molar-refractivity contribution in [3.63, 3.8) is 0 Å². The number of hydrogen-bond acceptors (Lipinski definition) is 4. The summed E-state index contributed by atoms with van der Waals surface area (Å²) in [6.07, 6.45) is 6.65. The van der Waals surface area contributed by atoms with Crippen molar-refractivity contribution >= 4 is 0 Å². The number of nitrogens with two attached hydrogens (primary N) is 1. The van der Waals surface area contributed by atoms with Crippen molar-refractivity contribution in [2.45, 2.75) is 57.1 Å². The number of methoxy groups -OCH3 is 1. The predicted octanol–water partition coefficient (Wildman–Crippen LogP) is 1.59. The van der Waals surface area contributed by atoms with E-state index in [0.29, 0.717) is 0 Å². The maximum atomic E-state index is 5.74. The molecule has 3 N–H and O–H groups in total. The number of unbranched alkanes of at least 4 members (excludes halogenated alkanes) is 2. The molecule has 96 valence electrons. The van der Waals surface area contributed by atoms with Crippen molar-refractivity contribution in [3.05, 3.63) is 0 Å². The van der Waals surface area contributed by atoms with Crippen LogP contribution in [-0.2, 0) is 9.47 Å². The lowest BCUT2D eigenvalue weighted by atomic mass is 9.83. The van der Waals surface area contributed by atoms with Gasteiger partial charge in [-0.15, -0.1) is 0 Å². The van der Waals surface area contributed by atoms with Crippen molar-refractivity contribution in [1.29, 1.82) is 0 Å². The van der Waals surface area contributed by atoms with E-state index in [1.807, 2.05) is 0 Å². The van der Waals surface area contributed by atoms with E-state index < -0.39 is 0 Å². The summed E-state index contributed by atoms with van der Waals surface area (Å²) in [4.78, 5) is 0. The number of nitrogens with one attached hydrogen (secondary N) is 1. The lowest BCUT2D eigenvalue weighted by Gasteiger charge is -2.42. The molecule has 0 aliphatic carbocycles. The molecule has 1 atom stereocenters. The monoisotopic (exact) mass is 230 g/mol. The molecule has 1 aliphatic rings. The zero-order valence-corrected chi connectivity index (χ0v) is 10.6. The molecule has 0 aromatic heterocycles. The van der Waals surface area contributed by atoms with Crippen LogP contribution in [0.4, 0.5) is 0 Å². The molecule has 1 saturated heterocycles. The first-order valence-electron chi connectivity index (χ1n) is 6.38. The number of hydrogen-bond donors (Lipinski definition) is 2. The summed E-state index contributed by atoms with van der Waals surface area (Å²) in [6, 6.07) is 0.243. The maximum Gasteiger partial charge on any atom is 0.0888 e. The van der Waals surface area contributed by atoms with Crippen LogP contribution in [0.2, 0.25) is 0 Å². The Bertz CT molecular complexity index is 182. The minimum atomic E-state index is -0.124. The van der Waals surface area contributed by atoms with Gasteiger partial charge in [0.2, 0.25) is 0 Å². The molecular weight excluding hydrogens is 204 g/mol. The van der Waals surface area contributed by atoms with E-state index in [9.17, 15) is 0 Å². The maximum absolute atomic E-state index is 5.74. The Kier molecular flexibility index (Phi) is 6.28. The van der Waals surface area contributed by atoms with Gasteiger partial charge in [0.05, 0.1) is 11.6 Å². The SMILES string of the molecule is CCCCCC(NN)C1(OC)CCOCC1. The Hall–Kier alpha value is -0.160. The van der Waals surface area contributed by atoms with Gasteiger partial charge in [-0.25, -0.2) is 0 Å². The molecule has 1 heterocycles. The third-order valence-corrected chi connectivity index (χ3v) is 3.68.